The molecule has 8 nitrogen and oxygen atoms in total. The van der Waals surface area contributed by atoms with Crippen LogP contribution in [0.5, 0.6) is 11.6 Å². The fourth-order valence-corrected chi connectivity index (χ4v) is 4.35. The van der Waals surface area contributed by atoms with Crippen LogP contribution in [0, 0.1) is 0 Å². The van der Waals surface area contributed by atoms with E-state index in [1.807, 2.05) is 0 Å². The van der Waals surface area contributed by atoms with Crippen molar-refractivity contribution in [2.45, 2.75) is 25.2 Å². The summed E-state index contributed by atoms with van der Waals surface area (Å²) < 4.78 is 58.4. The zero-order valence-electron chi connectivity index (χ0n) is 17.5. The number of nitrogens with zero attached hydrogens (tertiary/aromatic N) is 3. The molecule has 0 bridgehead atoms. The van der Waals surface area contributed by atoms with Crippen LogP contribution in [0.1, 0.15) is 22.3 Å². The van der Waals surface area contributed by atoms with Crippen LogP contribution in [0.15, 0.2) is 36.5 Å². The van der Waals surface area contributed by atoms with E-state index in [1.54, 1.807) is 18.2 Å². The van der Waals surface area contributed by atoms with E-state index in [1.165, 1.54) is 34.4 Å². The van der Waals surface area contributed by atoms with Crippen LogP contribution >= 0.6 is 0 Å². The van der Waals surface area contributed by atoms with E-state index < -0.39 is 29.7 Å². The second kappa shape index (κ2) is 9.00. The average Bonchev–Trinajstić information content (AvgIpc) is 3.26. The van der Waals surface area contributed by atoms with Crippen molar-refractivity contribution >= 4 is 28.3 Å². The molecule has 2 aromatic rings. The van der Waals surface area contributed by atoms with E-state index in [2.05, 4.69) is 9.72 Å². The van der Waals surface area contributed by atoms with E-state index in [4.69, 9.17) is 4.74 Å². The largest absolute Gasteiger partial charge is 0.479 e. The highest BCUT2D eigenvalue weighted by molar-refractivity contribution is 7.84. The first-order valence-electron chi connectivity index (χ1n) is 9.96. The van der Waals surface area contributed by atoms with Crippen molar-refractivity contribution in [2.75, 3.05) is 30.2 Å². The second-order valence-corrected chi connectivity index (χ2v) is 9.07. The predicted molar refractivity (Wildman–Crippen MR) is 112 cm³/mol. The van der Waals surface area contributed by atoms with Crippen LogP contribution in [0.4, 0.5) is 18.9 Å². The molecule has 3 heterocycles. The van der Waals surface area contributed by atoms with Gasteiger partial charge in [0.1, 0.15) is 5.75 Å². The summed E-state index contributed by atoms with van der Waals surface area (Å²) in [6.07, 6.45) is -2.15. The molecule has 1 saturated heterocycles. The number of anilines is 1. The minimum absolute atomic E-state index is 0.148. The maximum absolute atomic E-state index is 12.9. The molecule has 1 aromatic carbocycles. The molecule has 2 atom stereocenters. The monoisotopic (exact) mass is 483 g/mol. The van der Waals surface area contributed by atoms with Gasteiger partial charge in [-0.25, -0.2) is 4.98 Å². The molecule has 12 heteroatoms. The number of benzene rings is 1. The van der Waals surface area contributed by atoms with Crippen LogP contribution in [-0.4, -0.2) is 63.5 Å². The Hall–Kier alpha value is -3.15. The van der Waals surface area contributed by atoms with Crippen LogP contribution in [0.3, 0.4) is 0 Å². The first-order valence-corrected chi connectivity index (χ1v) is 11.7. The molecule has 2 amide bonds. The van der Waals surface area contributed by atoms with Gasteiger partial charge in [-0.2, -0.15) is 13.2 Å². The molecule has 1 aromatic heterocycles. The maximum atomic E-state index is 12.9. The van der Waals surface area contributed by atoms with Gasteiger partial charge in [0.2, 0.25) is 5.88 Å². The van der Waals surface area contributed by atoms with Crippen molar-refractivity contribution in [1.82, 2.24) is 9.88 Å². The summed E-state index contributed by atoms with van der Waals surface area (Å²) in [6.45, 7) is -0.698. The Morgan fingerprint density at radius 1 is 1.21 bits per heavy atom. The zero-order chi connectivity index (χ0) is 23.8. The van der Waals surface area contributed by atoms with Gasteiger partial charge in [0.25, 0.3) is 11.8 Å². The summed E-state index contributed by atoms with van der Waals surface area (Å²) in [5.74, 6) is -0.357. The molecule has 176 valence electrons. The third kappa shape index (κ3) is 5.27. The van der Waals surface area contributed by atoms with Gasteiger partial charge in [0.05, 0.1) is 12.1 Å². The molecular formula is C21H20F3N3O5S. The van der Waals surface area contributed by atoms with Crippen LogP contribution in [0.25, 0.3) is 0 Å². The van der Waals surface area contributed by atoms with Crippen LogP contribution < -0.4 is 14.4 Å². The Morgan fingerprint density at radius 3 is 2.67 bits per heavy atom. The minimum atomic E-state index is -4.47. The fourth-order valence-electron chi connectivity index (χ4n) is 3.70. The number of rotatable bonds is 7. The summed E-state index contributed by atoms with van der Waals surface area (Å²) >= 11 is 0. The zero-order valence-corrected chi connectivity index (χ0v) is 18.3. The number of amides is 2. The highest BCUT2D eigenvalue weighted by Gasteiger charge is 2.36. The van der Waals surface area contributed by atoms with Gasteiger partial charge in [-0.05, 0) is 23.8 Å². The van der Waals surface area contributed by atoms with Crippen LogP contribution in [0.2, 0.25) is 0 Å². The van der Waals surface area contributed by atoms with Crippen LogP contribution in [-0.2, 0) is 22.1 Å². The summed E-state index contributed by atoms with van der Waals surface area (Å²) in [5, 5.41) is 0. The standard InChI is InChI=1S/C21H20F3N3O5S/c1-33(30)12-26-10-13-2-3-14(8-16(13)19(26)28)27-7-6-17(20(27)29)32-15-4-5-18(25-9-15)31-11-21(22,23)24/h2-5,8-9,17H,6-7,10-12H2,1H3/t17-,33?/m1/s1. The smallest absolute Gasteiger partial charge is 0.422 e. The summed E-state index contributed by atoms with van der Waals surface area (Å²) in [4.78, 5) is 32.3. The van der Waals surface area contributed by atoms with Crippen molar-refractivity contribution in [3.63, 3.8) is 0 Å². The number of hydrogen-bond donors (Lipinski definition) is 0. The second-order valence-electron chi connectivity index (χ2n) is 7.67. The SMILES string of the molecule is CS(=O)CN1Cc2ccc(N3CC[C@@H](Oc4ccc(OCC(F)(F)F)nc4)C3=O)cc2C1=O. The van der Waals surface area contributed by atoms with Gasteiger partial charge in [-0.3, -0.25) is 13.8 Å². The molecule has 4 rings (SSSR count). The van der Waals surface area contributed by atoms with Gasteiger partial charge < -0.3 is 19.3 Å². The third-order valence-electron chi connectivity index (χ3n) is 5.15. The number of carbonyl (C=O) groups excluding carboxylic acids is 2. The summed E-state index contributed by atoms with van der Waals surface area (Å²) in [6, 6.07) is 7.82. The maximum Gasteiger partial charge on any atom is 0.422 e. The fraction of sp³-hybridized carbons (Fsp3) is 0.381. The van der Waals surface area contributed by atoms with Gasteiger partial charge in [-0.1, -0.05) is 6.07 Å². The number of alkyl halides is 3. The lowest BCUT2D eigenvalue weighted by Gasteiger charge is -2.18. The number of pyridine rings is 1. The normalized spacial score (nSPS) is 19.1. The number of hydrogen-bond acceptors (Lipinski definition) is 6. The Bertz CT molecular complexity index is 1090. The van der Waals surface area contributed by atoms with Crippen molar-refractivity contribution < 1.29 is 36.4 Å². The highest BCUT2D eigenvalue weighted by Crippen LogP contribution is 2.31. The van der Waals surface area contributed by atoms with E-state index in [-0.39, 0.29) is 29.3 Å². The van der Waals surface area contributed by atoms with Gasteiger partial charge in [-0.15, -0.1) is 0 Å². The van der Waals surface area contributed by atoms with Crippen molar-refractivity contribution in [1.29, 1.82) is 0 Å². The molecule has 1 unspecified atom stereocenters. The van der Waals surface area contributed by atoms with Crippen molar-refractivity contribution in [2.24, 2.45) is 0 Å². The summed E-state index contributed by atoms with van der Waals surface area (Å²) in [7, 11) is -1.15. The topological polar surface area (TPSA) is 89.0 Å². The quantitative estimate of drug-likeness (QED) is 0.601. The minimum Gasteiger partial charge on any atom is -0.479 e. The number of halogens is 3. The number of fused-ring (bicyclic) bond motifs is 1. The Balaban J connectivity index is 1.40. The summed E-state index contributed by atoms with van der Waals surface area (Å²) in [5.41, 5.74) is 1.85. The molecule has 0 spiro atoms. The van der Waals surface area contributed by atoms with Crippen molar-refractivity contribution in [3.8, 4) is 11.6 Å². The van der Waals surface area contributed by atoms with E-state index in [0.29, 0.717) is 30.8 Å². The molecule has 0 aliphatic carbocycles. The Morgan fingerprint density at radius 2 is 2.00 bits per heavy atom. The predicted octanol–water partition coefficient (Wildman–Crippen LogP) is 2.50. The van der Waals surface area contributed by atoms with E-state index in [9.17, 15) is 27.0 Å². The average molecular weight is 483 g/mol. The highest BCUT2D eigenvalue weighted by atomic mass is 32.2. The molecule has 2 aliphatic heterocycles. The lowest BCUT2D eigenvalue weighted by atomic mass is 10.1. The number of carbonyl (C=O) groups is 2. The molecule has 0 saturated carbocycles. The molecule has 2 aliphatic rings. The number of aromatic nitrogens is 1. The molecule has 0 radical (unpaired) electrons. The molecule has 0 N–H and O–H groups in total. The Kier molecular flexibility index (Phi) is 6.28. The van der Waals surface area contributed by atoms with E-state index >= 15 is 0 Å². The lowest BCUT2D eigenvalue weighted by molar-refractivity contribution is -0.154. The van der Waals surface area contributed by atoms with E-state index in [0.717, 1.165) is 5.56 Å². The van der Waals surface area contributed by atoms with Gasteiger partial charge >= 0.3 is 6.18 Å². The van der Waals surface area contributed by atoms with Gasteiger partial charge in [0, 0.05) is 53.9 Å². The Labute approximate surface area is 189 Å². The molecule has 33 heavy (non-hydrogen) atoms. The first kappa shape index (κ1) is 23.0. The third-order valence-corrected chi connectivity index (χ3v) is 5.82. The number of ether oxygens (including phenoxy) is 2. The molecule has 1 fully saturated rings. The lowest BCUT2D eigenvalue weighted by Crippen LogP contribution is -2.32. The van der Waals surface area contributed by atoms with Crippen molar-refractivity contribution in [3.05, 3.63) is 47.7 Å². The van der Waals surface area contributed by atoms with Gasteiger partial charge in [0.15, 0.2) is 12.7 Å². The first-order chi connectivity index (χ1) is 15.6. The molecular weight excluding hydrogens is 463 g/mol.